The summed E-state index contributed by atoms with van der Waals surface area (Å²) in [5, 5.41) is 2.50. The van der Waals surface area contributed by atoms with Gasteiger partial charge in [-0.1, -0.05) is 60.7 Å². The normalized spacial score (nSPS) is 15.5. The van der Waals surface area contributed by atoms with Crippen LogP contribution >= 0.6 is 0 Å². The molecule has 3 aromatic carbocycles. The third kappa shape index (κ3) is 4.30. The number of benzodiazepines with no additional fused rings is 1. The molecule has 0 fully saturated rings. The van der Waals surface area contributed by atoms with E-state index in [0.717, 1.165) is 5.56 Å². The number of carbonyl (C=O) groups excluding carboxylic acids is 2. The average molecular weight is 417 g/mol. The van der Waals surface area contributed by atoms with Crippen LogP contribution in [-0.4, -0.2) is 30.9 Å². The number of amides is 2. The fraction of sp³-hybridized carbons (Fsp3) is 0.125. The van der Waals surface area contributed by atoms with Gasteiger partial charge < -0.3 is 9.64 Å². The molecule has 1 unspecified atom stereocenters. The van der Waals surface area contributed by atoms with Gasteiger partial charge in [0.05, 0.1) is 11.4 Å². The summed E-state index contributed by atoms with van der Waals surface area (Å²) < 4.78 is 19.8. The summed E-state index contributed by atoms with van der Waals surface area (Å²) in [6.07, 6.45) is -2.06. The lowest BCUT2D eigenvalue weighted by Crippen LogP contribution is -2.46. The molecule has 1 aliphatic heterocycles. The topological polar surface area (TPSA) is 71.0 Å². The van der Waals surface area contributed by atoms with Crippen LogP contribution in [0.2, 0.25) is 0 Å². The molecular formula is C24H20FN3O3. The molecule has 0 spiro atoms. The van der Waals surface area contributed by atoms with Gasteiger partial charge >= 0.3 is 6.09 Å². The first-order valence-electron chi connectivity index (χ1n) is 9.71. The minimum Gasteiger partial charge on any atom is -0.445 e. The van der Waals surface area contributed by atoms with E-state index in [-0.39, 0.29) is 17.9 Å². The fourth-order valence-corrected chi connectivity index (χ4v) is 3.36. The molecule has 0 bridgehead atoms. The van der Waals surface area contributed by atoms with Crippen LogP contribution in [0.5, 0.6) is 0 Å². The van der Waals surface area contributed by atoms with E-state index in [0.29, 0.717) is 11.3 Å². The number of ether oxygens (including phenoxy) is 1. The Morgan fingerprint density at radius 1 is 1.00 bits per heavy atom. The molecule has 1 heterocycles. The summed E-state index contributed by atoms with van der Waals surface area (Å²) in [6, 6.07) is 22.4. The van der Waals surface area contributed by atoms with E-state index in [2.05, 4.69) is 10.3 Å². The molecule has 4 rings (SSSR count). The third-order valence-electron chi connectivity index (χ3n) is 4.94. The zero-order valence-corrected chi connectivity index (χ0v) is 16.8. The SMILES string of the molecule is CN1C(=O)C(NC(=O)OCc2ccccc2)N=C(c2ccccc2F)c2ccccc21. The second kappa shape index (κ2) is 8.79. The number of para-hydroxylation sites is 1. The minimum atomic E-state index is -1.27. The van der Waals surface area contributed by atoms with Gasteiger partial charge in [-0.25, -0.2) is 14.2 Å². The van der Waals surface area contributed by atoms with Gasteiger partial charge in [0, 0.05) is 18.2 Å². The van der Waals surface area contributed by atoms with E-state index in [1.54, 1.807) is 49.5 Å². The molecule has 1 atom stereocenters. The Morgan fingerprint density at radius 3 is 2.39 bits per heavy atom. The monoisotopic (exact) mass is 417 g/mol. The minimum absolute atomic E-state index is 0.0491. The number of aliphatic imine (C=N–C) groups is 1. The van der Waals surface area contributed by atoms with Crippen molar-refractivity contribution in [3.63, 3.8) is 0 Å². The lowest BCUT2D eigenvalue weighted by atomic mass is 10.00. The molecule has 2 amide bonds. The van der Waals surface area contributed by atoms with Crippen LogP contribution in [0.15, 0.2) is 83.9 Å². The highest BCUT2D eigenvalue weighted by atomic mass is 19.1. The molecule has 0 radical (unpaired) electrons. The first-order chi connectivity index (χ1) is 15.0. The lowest BCUT2D eigenvalue weighted by molar-refractivity contribution is -0.120. The predicted octanol–water partition coefficient (Wildman–Crippen LogP) is 3.89. The summed E-state index contributed by atoms with van der Waals surface area (Å²) in [5.41, 5.74) is 2.48. The highest BCUT2D eigenvalue weighted by Crippen LogP contribution is 2.28. The van der Waals surface area contributed by atoms with E-state index in [1.807, 2.05) is 30.3 Å². The second-order valence-corrected chi connectivity index (χ2v) is 6.98. The zero-order chi connectivity index (χ0) is 21.8. The number of fused-ring (bicyclic) bond motifs is 1. The molecule has 0 saturated heterocycles. The van der Waals surface area contributed by atoms with Crippen LogP contribution in [0.3, 0.4) is 0 Å². The first-order valence-corrected chi connectivity index (χ1v) is 9.71. The molecule has 3 aromatic rings. The van der Waals surface area contributed by atoms with Gasteiger partial charge in [-0.05, 0) is 23.8 Å². The van der Waals surface area contributed by atoms with Crippen molar-refractivity contribution in [2.45, 2.75) is 12.8 Å². The van der Waals surface area contributed by atoms with E-state index < -0.39 is 24.0 Å². The number of halogens is 1. The van der Waals surface area contributed by atoms with Crippen LogP contribution in [0.25, 0.3) is 0 Å². The number of anilines is 1. The van der Waals surface area contributed by atoms with E-state index in [1.165, 1.54) is 11.0 Å². The van der Waals surface area contributed by atoms with Crippen molar-refractivity contribution in [1.82, 2.24) is 5.32 Å². The smallest absolute Gasteiger partial charge is 0.409 e. The Kier molecular flexibility index (Phi) is 5.75. The quantitative estimate of drug-likeness (QED) is 0.700. The molecule has 0 saturated carbocycles. The van der Waals surface area contributed by atoms with Gasteiger partial charge in [-0.3, -0.25) is 10.1 Å². The Balaban J connectivity index is 1.66. The van der Waals surface area contributed by atoms with Crippen LogP contribution in [0.1, 0.15) is 16.7 Å². The number of benzene rings is 3. The van der Waals surface area contributed by atoms with Gasteiger partial charge in [0.2, 0.25) is 6.17 Å². The maximum atomic E-state index is 14.6. The number of hydrogen-bond donors (Lipinski definition) is 1. The molecule has 0 aliphatic carbocycles. The van der Waals surface area contributed by atoms with Crippen molar-refractivity contribution in [2.24, 2.45) is 4.99 Å². The van der Waals surface area contributed by atoms with Crippen LogP contribution in [0.4, 0.5) is 14.9 Å². The van der Waals surface area contributed by atoms with Crippen LogP contribution in [0, 0.1) is 5.82 Å². The summed E-state index contributed by atoms with van der Waals surface area (Å²) >= 11 is 0. The number of likely N-dealkylation sites (N-methyl/N-ethyl adjacent to an activating group) is 1. The predicted molar refractivity (Wildman–Crippen MR) is 115 cm³/mol. The number of alkyl carbamates (subject to hydrolysis) is 1. The first kappa shape index (κ1) is 20.3. The van der Waals surface area contributed by atoms with Gasteiger partial charge in [0.1, 0.15) is 12.4 Å². The molecule has 1 aliphatic rings. The summed E-state index contributed by atoms with van der Waals surface area (Å²) in [4.78, 5) is 31.3. The summed E-state index contributed by atoms with van der Waals surface area (Å²) in [5.74, 6) is -0.936. The Morgan fingerprint density at radius 2 is 1.65 bits per heavy atom. The standard InChI is InChI=1S/C24H20FN3O3/c1-28-20-14-8-6-12-18(20)21(17-11-5-7-13-19(17)25)26-22(23(28)29)27-24(30)31-15-16-9-3-2-4-10-16/h2-14,22H,15H2,1H3,(H,27,30). The van der Waals surface area contributed by atoms with Crippen LogP contribution in [-0.2, 0) is 16.1 Å². The van der Waals surface area contributed by atoms with Crippen LogP contribution < -0.4 is 10.2 Å². The largest absolute Gasteiger partial charge is 0.445 e. The maximum Gasteiger partial charge on any atom is 0.409 e. The average Bonchev–Trinajstić information content (AvgIpc) is 2.90. The fourth-order valence-electron chi connectivity index (χ4n) is 3.36. The van der Waals surface area contributed by atoms with Crippen molar-refractivity contribution in [1.29, 1.82) is 0 Å². The molecule has 156 valence electrons. The summed E-state index contributed by atoms with van der Waals surface area (Å²) in [6.45, 7) is 0.0491. The number of hydrogen-bond acceptors (Lipinski definition) is 4. The van der Waals surface area contributed by atoms with Gasteiger partial charge in [0.15, 0.2) is 0 Å². The van der Waals surface area contributed by atoms with Crippen molar-refractivity contribution < 1.29 is 18.7 Å². The Hall–Kier alpha value is -4.00. The Bertz CT molecular complexity index is 1150. The van der Waals surface area contributed by atoms with Crippen molar-refractivity contribution in [3.8, 4) is 0 Å². The van der Waals surface area contributed by atoms with Gasteiger partial charge in [-0.2, -0.15) is 0 Å². The third-order valence-corrected chi connectivity index (χ3v) is 4.94. The number of nitrogens with zero attached hydrogens (tertiary/aromatic N) is 2. The van der Waals surface area contributed by atoms with Gasteiger partial charge in [0.25, 0.3) is 5.91 Å². The van der Waals surface area contributed by atoms with E-state index in [4.69, 9.17) is 4.74 Å². The lowest BCUT2D eigenvalue weighted by Gasteiger charge is -2.20. The highest BCUT2D eigenvalue weighted by molar-refractivity contribution is 6.20. The molecule has 1 N–H and O–H groups in total. The maximum absolute atomic E-state index is 14.6. The van der Waals surface area contributed by atoms with E-state index >= 15 is 0 Å². The summed E-state index contributed by atoms with van der Waals surface area (Å²) in [7, 11) is 1.59. The van der Waals surface area contributed by atoms with Gasteiger partial charge in [-0.15, -0.1) is 0 Å². The van der Waals surface area contributed by atoms with Crippen molar-refractivity contribution >= 4 is 23.4 Å². The highest BCUT2D eigenvalue weighted by Gasteiger charge is 2.31. The van der Waals surface area contributed by atoms with Crippen molar-refractivity contribution in [3.05, 3.63) is 101 Å². The number of nitrogens with one attached hydrogen (secondary N) is 1. The number of rotatable bonds is 4. The molecule has 6 nitrogen and oxygen atoms in total. The molecular weight excluding hydrogens is 397 g/mol. The zero-order valence-electron chi connectivity index (χ0n) is 16.8. The molecule has 7 heteroatoms. The molecule has 31 heavy (non-hydrogen) atoms. The van der Waals surface area contributed by atoms with E-state index in [9.17, 15) is 14.0 Å². The molecule has 0 aromatic heterocycles. The van der Waals surface area contributed by atoms with Crippen molar-refractivity contribution in [2.75, 3.05) is 11.9 Å². The Labute approximate surface area is 179 Å². The number of carbonyl (C=O) groups is 2. The second-order valence-electron chi connectivity index (χ2n) is 6.98.